The van der Waals surface area contributed by atoms with E-state index in [1.54, 1.807) is 17.2 Å². The number of piperidine rings is 2. The van der Waals surface area contributed by atoms with E-state index in [1.807, 2.05) is 38.7 Å². The average Bonchev–Trinajstić information content (AvgIpc) is 3.21. The smallest absolute Gasteiger partial charge is 0.410 e. The van der Waals surface area contributed by atoms with Gasteiger partial charge in [-0.25, -0.2) is 18.9 Å². The third-order valence-electron chi connectivity index (χ3n) is 6.65. The molecule has 2 aromatic heterocycles. The van der Waals surface area contributed by atoms with Crippen LogP contribution in [0.1, 0.15) is 65.0 Å². The number of carbonyl (C=O) groups excluding carboxylic acids is 2. The van der Waals surface area contributed by atoms with Crippen molar-refractivity contribution in [3.05, 3.63) is 42.1 Å². The van der Waals surface area contributed by atoms with E-state index >= 15 is 0 Å². The summed E-state index contributed by atoms with van der Waals surface area (Å²) >= 11 is 0. The second-order valence-electron chi connectivity index (χ2n) is 10.1. The lowest BCUT2D eigenvalue weighted by atomic mass is 9.71. The van der Waals surface area contributed by atoms with Crippen molar-refractivity contribution in [2.45, 2.75) is 65.0 Å². The Morgan fingerprint density at radius 1 is 1.15 bits per heavy atom. The maximum atomic E-state index is 13.6. The quantitative estimate of drug-likeness (QED) is 0.693. The number of pyridine rings is 1. The molecule has 0 aliphatic carbocycles. The van der Waals surface area contributed by atoms with E-state index < -0.39 is 16.8 Å². The molecule has 4 rings (SSSR count). The fraction of sp³-hybridized carbons (Fsp3) is 0.583. The predicted molar refractivity (Wildman–Crippen MR) is 120 cm³/mol. The topological polar surface area (TPSA) is 80.6 Å². The first kappa shape index (κ1) is 23.2. The first-order valence-corrected chi connectivity index (χ1v) is 11.5. The molecular formula is C24H32FN5O3. The Labute approximate surface area is 193 Å². The Hall–Kier alpha value is -2.97. The van der Waals surface area contributed by atoms with Gasteiger partial charge in [0, 0.05) is 25.8 Å². The predicted octanol–water partition coefficient (Wildman–Crippen LogP) is 4.11. The average molecular weight is 458 g/mol. The number of likely N-dealkylation sites (tertiary alicyclic amines) is 2. The third-order valence-corrected chi connectivity index (χ3v) is 6.65. The normalized spacial score (nSPS) is 19.6. The van der Waals surface area contributed by atoms with Gasteiger partial charge in [-0.1, -0.05) is 6.07 Å². The van der Waals surface area contributed by atoms with Crippen LogP contribution in [0.4, 0.5) is 9.18 Å². The summed E-state index contributed by atoms with van der Waals surface area (Å²) in [6.45, 7) is 9.33. The minimum Gasteiger partial charge on any atom is -0.444 e. The zero-order valence-corrected chi connectivity index (χ0v) is 19.8. The third kappa shape index (κ3) is 4.86. The van der Waals surface area contributed by atoms with Crippen molar-refractivity contribution in [2.75, 3.05) is 19.6 Å². The molecule has 0 radical (unpaired) electrons. The second kappa shape index (κ2) is 8.76. The SMILES string of the molecule is CC(c1ccc(-n2cc(F)cn2)nc1)N1CCCC2(CCN(C(=O)OC(C)(C)C)CC2)C1=O. The molecule has 0 saturated carbocycles. The fourth-order valence-electron chi connectivity index (χ4n) is 4.76. The lowest BCUT2D eigenvalue weighted by Gasteiger charge is -2.48. The van der Waals surface area contributed by atoms with Crippen LogP contribution >= 0.6 is 0 Å². The summed E-state index contributed by atoms with van der Waals surface area (Å²) in [5, 5.41) is 3.94. The summed E-state index contributed by atoms with van der Waals surface area (Å²) in [5.41, 5.74) is -0.0397. The Kier molecular flexibility index (Phi) is 6.16. The van der Waals surface area contributed by atoms with Crippen LogP contribution in [0.3, 0.4) is 0 Å². The van der Waals surface area contributed by atoms with Crippen LogP contribution in [-0.4, -0.2) is 61.8 Å². The molecule has 2 aromatic rings. The minimum atomic E-state index is -0.533. The number of nitrogens with zero attached hydrogens (tertiary/aromatic N) is 5. The van der Waals surface area contributed by atoms with Crippen LogP contribution in [0.2, 0.25) is 0 Å². The highest BCUT2D eigenvalue weighted by molar-refractivity contribution is 5.84. The van der Waals surface area contributed by atoms with Gasteiger partial charge in [0.1, 0.15) is 5.60 Å². The van der Waals surface area contributed by atoms with E-state index in [1.165, 1.54) is 10.9 Å². The number of aromatic nitrogens is 3. The van der Waals surface area contributed by atoms with Gasteiger partial charge in [0.15, 0.2) is 11.6 Å². The van der Waals surface area contributed by atoms with E-state index in [0.717, 1.165) is 24.6 Å². The molecule has 2 amide bonds. The molecule has 0 bridgehead atoms. The number of carbonyl (C=O) groups is 2. The van der Waals surface area contributed by atoms with E-state index in [0.29, 0.717) is 38.3 Å². The van der Waals surface area contributed by atoms with Gasteiger partial charge >= 0.3 is 6.09 Å². The van der Waals surface area contributed by atoms with Crippen molar-refractivity contribution in [1.82, 2.24) is 24.6 Å². The van der Waals surface area contributed by atoms with Crippen molar-refractivity contribution < 1.29 is 18.7 Å². The van der Waals surface area contributed by atoms with Crippen molar-refractivity contribution >= 4 is 12.0 Å². The van der Waals surface area contributed by atoms with E-state index in [-0.39, 0.29) is 18.0 Å². The molecule has 1 atom stereocenters. The van der Waals surface area contributed by atoms with E-state index in [2.05, 4.69) is 10.1 Å². The first-order chi connectivity index (χ1) is 15.6. The van der Waals surface area contributed by atoms with Gasteiger partial charge in [-0.2, -0.15) is 5.10 Å². The highest BCUT2D eigenvalue weighted by Crippen LogP contribution is 2.43. The molecule has 2 saturated heterocycles. The molecule has 1 spiro atoms. The molecular weight excluding hydrogens is 425 g/mol. The Bertz CT molecular complexity index is 1010. The fourth-order valence-corrected chi connectivity index (χ4v) is 4.76. The largest absolute Gasteiger partial charge is 0.444 e. The number of hydrogen-bond acceptors (Lipinski definition) is 5. The molecule has 0 aromatic carbocycles. The van der Waals surface area contributed by atoms with Gasteiger partial charge in [-0.3, -0.25) is 4.79 Å². The van der Waals surface area contributed by atoms with Crippen molar-refractivity contribution in [2.24, 2.45) is 5.41 Å². The van der Waals surface area contributed by atoms with Crippen molar-refractivity contribution in [3.8, 4) is 5.82 Å². The standard InChI is InChI=1S/C24H32FN5O3/c1-17(18-6-7-20(26-14-18)30-16-19(25)15-27-30)29-11-5-8-24(21(29)31)9-12-28(13-10-24)22(32)33-23(2,3)4/h6-7,14-17H,5,8-13H2,1-4H3. The zero-order chi connectivity index (χ0) is 23.8. The van der Waals surface area contributed by atoms with Crippen molar-refractivity contribution in [3.63, 3.8) is 0 Å². The second-order valence-corrected chi connectivity index (χ2v) is 10.1. The molecule has 8 nitrogen and oxygen atoms in total. The Morgan fingerprint density at radius 2 is 1.88 bits per heavy atom. The van der Waals surface area contributed by atoms with Crippen LogP contribution < -0.4 is 0 Å². The minimum absolute atomic E-state index is 0.130. The van der Waals surface area contributed by atoms with E-state index in [4.69, 9.17) is 4.74 Å². The summed E-state index contributed by atoms with van der Waals surface area (Å²) in [6, 6.07) is 3.56. The molecule has 178 valence electrons. The zero-order valence-electron chi connectivity index (χ0n) is 19.8. The molecule has 4 heterocycles. The van der Waals surface area contributed by atoms with E-state index in [9.17, 15) is 14.0 Å². The van der Waals surface area contributed by atoms with Gasteiger partial charge < -0.3 is 14.5 Å². The lowest BCUT2D eigenvalue weighted by Crippen LogP contribution is -2.55. The summed E-state index contributed by atoms with van der Waals surface area (Å²) in [7, 11) is 0. The monoisotopic (exact) mass is 457 g/mol. The number of halogens is 1. The Morgan fingerprint density at radius 3 is 2.45 bits per heavy atom. The van der Waals surface area contributed by atoms with Crippen LogP contribution in [0.25, 0.3) is 5.82 Å². The lowest BCUT2D eigenvalue weighted by molar-refractivity contribution is -0.152. The van der Waals surface area contributed by atoms with Crippen LogP contribution in [0.5, 0.6) is 0 Å². The number of ether oxygens (including phenoxy) is 1. The highest BCUT2D eigenvalue weighted by atomic mass is 19.1. The maximum Gasteiger partial charge on any atom is 0.410 e. The molecule has 2 aliphatic rings. The number of rotatable bonds is 3. The maximum absolute atomic E-state index is 13.6. The van der Waals surface area contributed by atoms with Gasteiger partial charge in [0.05, 0.1) is 23.9 Å². The van der Waals surface area contributed by atoms with Crippen LogP contribution in [0.15, 0.2) is 30.7 Å². The van der Waals surface area contributed by atoms with Gasteiger partial charge in [0.2, 0.25) is 5.91 Å². The molecule has 33 heavy (non-hydrogen) atoms. The molecule has 2 fully saturated rings. The van der Waals surface area contributed by atoms with Crippen LogP contribution in [0, 0.1) is 11.2 Å². The molecule has 9 heteroatoms. The van der Waals surface area contributed by atoms with Crippen LogP contribution in [-0.2, 0) is 9.53 Å². The summed E-state index contributed by atoms with van der Waals surface area (Å²) < 4.78 is 20.1. The van der Waals surface area contributed by atoms with Gasteiger partial charge in [0.25, 0.3) is 0 Å². The Balaban J connectivity index is 1.43. The molecule has 2 aliphatic heterocycles. The van der Waals surface area contributed by atoms with Gasteiger partial charge in [-0.15, -0.1) is 0 Å². The first-order valence-electron chi connectivity index (χ1n) is 11.5. The van der Waals surface area contributed by atoms with Gasteiger partial charge in [-0.05, 0) is 65.0 Å². The number of amides is 2. The summed E-state index contributed by atoms with van der Waals surface area (Å²) in [5.74, 6) is 0.255. The molecule has 0 N–H and O–H groups in total. The molecule has 1 unspecified atom stereocenters. The highest BCUT2D eigenvalue weighted by Gasteiger charge is 2.47. The summed E-state index contributed by atoms with van der Waals surface area (Å²) in [4.78, 5) is 34.1. The number of hydrogen-bond donors (Lipinski definition) is 0. The van der Waals surface area contributed by atoms with Crippen molar-refractivity contribution in [1.29, 1.82) is 0 Å². The summed E-state index contributed by atoms with van der Waals surface area (Å²) in [6.07, 6.45) is 6.89.